The van der Waals surface area contributed by atoms with Gasteiger partial charge in [0.2, 0.25) is 11.8 Å². The summed E-state index contributed by atoms with van der Waals surface area (Å²) < 4.78 is 0. The molecule has 2 amide bonds. The summed E-state index contributed by atoms with van der Waals surface area (Å²) in [5.41, 5.74) is 1.91. The van der Waals surface area contributed by atoms with Crippen LogP contribution in [0.1, 0.15) is 12.2 Å². The van der Waals surface area contributed by atoms with Crippen LogP contribution in [-0.2, 0) is 16.0 Å². The highest BCUT2D eigenvalue weighted by Gasteiger charge is 2.04. The number of nitrogens with one attached hydrogen (secondary N) is 3. The lowest BCUT2D eigenvalue weighted by Gasteiger charge is -2.04. The molecule has 0 radical (unpaired) electrons. The number of H-pyrrole nitrogens is 1. The Morgan fingerprint density at radius 3 is 2.81 bits per heavy atom. The van der Waals surface area contributed by atoms with Gasteiger partial charge >= 0.3 is 0 Å². The van der Waals surface area contributed by atoms with Crippen molar-refractivity contribution in [3.8, 4) is 0 Å². The van der Waals surface area contributed by atoms with Crippen molar-refractivity contribution in [3.63, 3.8) is 0 Å². The number of hydrogen-bond acceptors (Lipinski definition) is 3. The predicted octanol–water partition coefficient (Wildman–Crippen LogP) is 0.914. The summed E-state index contributed by atoms with van der Waals surface area (Å²) >= 11 is 0. The van der Waals surface area contributed by atoms with Crippen LogP contribution in [0.3, 0.4) is 0 Å². The number of amides is 2. The van der Waals surface area contributed by atoms with Crippen LogP contribution in [0.25, 0.3) is 11.0 Å². The number of carbonyl (C=O) groups excluding carboxylic acids is 2. The maximum Gasteiger partial charge on any atom is 0.243 e. The van der Waals surface area contributed by atoms with E-state index < -0.39 is 0 Å². The van der Waals surface area contributed by atoms with Gasteiger partial charge < -0.3 is 15.6 Å². The highest BCUT2D eigenvalue weighted by Crippen LogP contribution is 2.10. The Balaban J connectivity index is 1.70. The van der Waals surface area contributed by atoms with Gasteiger partial charge in [-0.3, -0.25) is 9.59 Å². The molecule has 0 aliphatic heterocycles. The first kappa shape index (κ1) is 14.8. The van der Waals surface area contributed by atoms with Crippen LogP contribution in [0.15, 0.2) is 36.9 Å². The third kappa shape index (κ3) is 4.45. The molecule has 110 valence electrons. The minimum Gasteiger partial charge on any atom is -0.356 e. The second-order valence-electron chi connectivity index (χ2n) is 4.55. The maximum atomic E-state index is 11.6. The average molecular weight is 286 g/mol. The highest BCUT2D eigenvalue weighted by atomic mass is 16.2. The van der Waals surface area contributed by atoms with E-state index in [1.807, 2.05) is 24.3 Å². The zero-order chi connectivity index (χ0) is 15.1. The van der Waals surface area contributed by atoms with E-state index in [1.54, 1.807) is 0 Å². The molecule has 6 nitrogen and oxygen atoms in total. The van der Waals surface area contributed by atoms with Crippen molar-refractivity contribution in [2.75, 3.05) is 13.1 Å². The van der Waals surface area contributed by atoms with E-state index in [2.05, 4.69) is 27.2 Å². The van der Waals surface area contributed by atoms with Crippen LogP contribution in [0.2, 0.25) is 0 Å². The number of imidazole rings is 1. The van der Waals surface area contributed by atoms with Gasteiger partial charge in [-0.1, -0.05) is 18.7 Å². The smallest absolute Gasteiger partial charge is 0.243 e. The molecule has 0 bridgehead atoms. The first-order valence-electron chi connectivity index (χ1n) is 6.79. The van der Waals surface area contributed by atoms with Crippen LogP contribution in [-0.4, -0.2) is 34.9 Å². The molecule has 2 aromatic rings. The Kier molecular flexibility index (Phi) is 5.09. The quantitative estimate of drug-likeness (QED) is 0.661. The number of nitrogens with zero attached hydrogens (tertiary/aromatic N) is 1. The van der Waals surface area contributed by atoms with E-state index in [9.17, 15) is 9.59 Å². The summed E-state index contributed by atoms with van der Waals surface area (Å²) in [6.45, 7) is 4.15. The molecule has 0 saturated heterocycles. The molecule has 0 aliphatic carbocycles. The Bertz CT molecular complexity index is 615. The topological polar surface area (TPSA) is 86.9 Å². The Morgan fingerprint density at radius 1 is 1.24 bits per heavy atom. The Hall–Kier alpha value is -2.63. The summed E-state index contributed by atoms with van der Waals surface area (Å²) in [5, 5.41) is 5.34. The molecule has 0 aliphatic rings. The minimum atomic E-state index is -0.273. The van der Waals surface area contributed by atoms with Crippen LogP contribution in [0.4, 0.5) is 0 Å². The fourth-order valence-electron chi connectivity index (χ4n) is 1.90. The number of benzene rings is 1. The molecule has 21 heavy (non-hydrogen) atoms. The van der Waals surface area contributed by atoms with Gasteiger partial charge in [0.15, 0.2) is 0 Å². The molecule has 0 atom stereocenters. The standard InChI is InChI=1S/C15H18N4O2/c1-2-14(20)16-10-8-15(21)17-9-7-13-18-11-5-3-4-6-12(11)19-13/h2-6H,1,7-10H2,(H,16,20)(H,17,21)(H,18,19). The molecule has 1 aromatic carbocycles. The van der Waals surface area contributed by atoms with Crippen molar-refractivity contribution < 1.29 is 9.59 Å². The number of hydrogen-bond donors (Lipinski definition) is 3. The molecule has 0 unspecified atom stereocenters. The lowest BCUT2D eigenvalue weighted by atomic mass is 10.3. The first-order valence-corrected chi connectivity index (χ1v) is 6.79. The largest absolute Gasteiger partial charge is 0.356 e. The molecule has 6 heteroatoms. The number of aromatic nitrogens is 2. The number of carbonyl (C=O) groups is 2. The zero-order valence-corrected chi connectivity index (χ0v) is 11.7. The molecule has 1 aromatic heterocycles. The van der Waals surface area contributed by atoms with Crippen molar-refractivity contribution in [2.45, 2.75) is 12.8 Å². The molecule has 3 N–H and O–H groups in total. The fraction of sp³-hybridized carbons (Fsp3) is 0.267. The summed E-state index contributed by atoms with van der Waals surface area (Å²) in [7, 11) is 0. The molecule has 2 rings (SSSR count). The molecule has 0 spiro atoms. The monoisotopic (exact) mass is 286 g/mol. The Morgan fingerprint density at radius 2 is 2.05 bits per heavy atom. The lowest BCUT2D eigenvalue weighted by Crippen LogP contribution is -2.31. The van der Waals surface area contributed by atoms with Crippen molar-refractivity contribution in [1.29, 1.82) is 0 Å². The van der Waals surface area contributed by atoms with Gasteiger partial charge in [-0.05, 0) is 18.2 Å². The van der Waals surface area contributed by atoms with Gasteiger partial charge in [-0.25, -0.2) is 4.98 Å². The number of fused-ring (bicyclic) bond motifs is 1. The van der Waals surface area contributed by atoms with Crippen LogP contribution in [0.5, 0.6) is 0 Å². The number of rotatable bonds is 7. The van der Waals surface area contributed by atoms with E-state index >= 15 is 0 Å². The van der Waals surface area contributed by atoms with E-state index in [4.69, 9.17) is 0 Å². The van der Waals surface area contributed by atoms with Crippen molar-refractivity contribution in [1.82, 2.24) is 20.6 Å². The van der Waals surface area contributed by atoms with Gasteiger partial charge in [0, 0.05) is 25.9 Å². The zero-order valence-electron chi connectivity index (χ0n) is 11.7. The van der Waals surface area contributed by atoms with E-state index in [0.717, 1.165) is 16.9 Å². The highest BCUT2D eigenvalue weighted by molar-refractivity contribution is 5.87. The maximum absolute atomic E-state index is 11.6. The second kappa shape index (κ2) is 7.23. The molecule has 0 fully saturated rings. The minimum absolute atomic E-state index is 0.101. The summed E-state index contributed by atoms with van der Waals surface area (Å²) in [4.78, 5) is 30.1. The molecular weight excluding hydrogens is 268 g/mol. The first-order chi connectivity index (χ1) is 10.2. The third-order valence-electron chi connectivity index (χ3n) is 2.96. The van der Waals surface area contributed by atoms with Gasteiger partial charge in [-0.15, -0.1) is 0 Å². The summed E-state index contributed by atoms with van der Waals surface area (Å²) in [6, 6.07) is 7.79. The fourth-order valence-corrected chi connectivity index (χ4v) is 1.90. The van der Waals surface area contributed by atoms with Gasteiger partial charge in [0.25, 0.3) is 0 Å². The molecule has 1 heterocycles. The van der Waals surface area contributed by atoms with Gasteiger partial charge in [-0.2, -0.15) is 0 Å². The normalized spacial score (nSPS) is 10.3. The van der Waals surface area contributed by atoms with Crippen molar-refractivity contribution in [2.24, 2.45) is 0 Å². The SMILES string of the molecule is C=CC(=O)NCCC(=O)NCCc1nc2ccccc2[nH]1. The number of para-hydroxylation sites is 2. The molecule has 0 saturated carbocycles. The van der Waals surface area contributed by atoms with Gasteiger partial charge in [0.1, 0.15) is 5.82 Å². The second-order valence-corrected chi connectivity index (χ2v) is 4.55. The van der Waals surface area contributed by atoms with Crippen molar-refractivity contribution in [3.05, 3.63) is 42.7 Å². The van der Waals surface area contributed by atoms with E-state index in [-0.39, 0.29) is 18.2 Å². The number of aromatic amines is 1. The van der Waals surface area contributed by atoms with Gasteiger partial charge in [0.05, 0.1) is 11.0 Å². The summed E-state index contributed by atoms with van der Waals surface area (Å²) in [5.74, 6) is 0.469. The van der Waals surface area contributed by atoms with E-state index in [1.165, 1.54) is 6.08 Å². The van der Waals surface area contributed by atoms with Crippen LogP contribution < -0.4 is 10.6 Å². The Labute approximate surface area is 122 Å². The van der Waals surface area contributed by atoms with Crippen LogP contribution in [0, 0.1) is 0 Å². The lowest BCUT2D eigenvalue weighted by molar-refractivity contribution is -0.121. The third-order valence-corrected chi connectivity index (χ3v) is 2.96. The van der Waals surface area contributed by atoms with Crippen molar-refractivity contribution >= 4 is 22.8 Å². The summed E-state index contributed by atoms with van der Waals surface area (Å²) in [6.07, 6.45) is 2.07. The van der Waals surface area contributed by atoms with Crippen LogP contribution >= 0.6 is 0 Å². The predicted molar refractivity (Wildman–Crippen MR) is 80.6 cm³/mol. The average Bonchev–Trinajstić information content (AvgIpc) is 2.89. The molecular formula is C15H18N4O2. The van der Waals surface area contributed by atoms with E-state index in [0.29, 0.717) is 19.5 Å².